The highest BCUT2D eigenvalue weighted by atomic mass is 16.2. The number of carbonyl (C=O) groups excluding carboxylic acids is 1. The number of hydrogen-bond donors (Lipinski definition) is 0. The van der Waals surface area contributed by atoms with Gasteiger partial charge in [-0.25, -0.2) is 4.98 Å². The Morgan fingerprint density at radius 2 is 1.92 bits per heavy atom. The van der Waals surface area contributed by atoms with Crippen LogP contribution in [0.4, 0.5) is 5.69 Å². The van der Waals surface area contributed by atoms with Crippen molar-refractivity contribution >= 4 is 22.5 Å². The highest BCUT2D eigenvalue weighted by Gasteiger charge is 2.22. The quantitative estimate of drug-likeness (QED) is 0.690. The van der Waals surface area contributed by atoms with Gasteiger partial charge in [-0.3, -0.25) is 4.79 Å². The van der Waals surface area contributed by atoms with E-state index in [1.165, 1.54) is 11.1 Å². The molecule has 1 fully saturated rings. The van der Waals surface area contributed by atoms with Crippen molar-refractivity contribution in [1.29, 1.82) is 0 Å². The van der Waals surface area contributed by atoms with Crippen LogP contribution in [0.15, 0.2) is 48.5 Å². The minimum atomic E-state index is 0.219. The average molecular weight is 316 g/mol. The Morgan fingerprint density at radius 1 is 1.04 bits per heavy atom. The molecule has 0 saturated carbocycles. The van der Waals surface area contributed by atoms with E-state index in [0.29, 0.717) is 6.42 Å². The van der Waals surface area contributed by atoms with E-state index < -0.39 is 0 Å². The molecule has 1 aliphatic rings. The third-order valence-corrected chi connectivity index (χ3v) is 4.70. The smallest absolute Gasteiger partial charge is 0.227 e. The predicted octanol–water partition coefficient (Wildman–Crippen LogP) is 4.65. The fourth-order valence-corrected chi connectivity index (χ4v) is 3.42. The first kappa shape index (κ1) is 14.9. The van der Waals surface area contributed by atoms with E-state index in [4.69, 9.17) is 4.98 Å². The molecule has 0 unspecified atom stereocenters. The maximum absolute atomic E-state index is 12.0. The van der Waals surface area contributed by atoms with E-state index in [9.17, 15) is 4.79 Å². The van der Waals surface area contributed by atoms with Crippen molar-refractivity contribution in [2.24, 2.45) is 0 Å². The monoisotopic (exact) mass is 316 g/mol. The van der Waals surface area contributed by atoms with E-state index in [1.54, 1.807) is 0 Å². The SMILES string of the molecule is Cc1cccc(-c2cc(C)c3cc(N4CCCC4=O)ccc3n2)c1. The molecule has 1 amide bonds. The Labute approximate surface area is 141 Å². The normalized spacial score (nSPS) is 14.6. The van der Waals surface area contributed by atoms with Gasteiger partial charge in [0.05, 0.1) is 11.2 Å². The lowest BCUT2D eigenvalue weighted by molar-refractivity contribution is -0.117. The molecule has 120 valence electrons. The van der Waals surface area contributed by atoms with Crippen LogP contribution in [0, 0.1) is 13.8 Å². The molecule has 0 radical (unpaired) electrons. The first-order chi connectivity index (χ1) is 11.6. The maximum atomic E-state index is 12.0. The lowest BCUT2D eigenvalue weighted by atomic mass is 10.0. The summed E-state index contributed by atoms with van der Waals surface area (Å²) in [7, 11) is 0. The zero-order valence-corrected chi connectivity index (χ0v) is 14.0. The van der Waals surface area contributed by atoms with Crippen molar-refractivity contribution in [2.45, 2.75) is 26.7 Å². The third-order valence-electron chi connectivity index (χ3n) is 4.70. The van der Waals surface area contributed by atoms with E-state index in [-0.39, 0.29) is 5.91 Å². The highest BCUT2D eigenvalue weighted by Crippen LogP contribution is 2.29. The van der Waals surface area contributed by atoms with Gasteiger partial charge in [-0.1, -0.05) is 23.8 Å². The summed E-state index contributed by atoms with van der Waals surface area (Å²) in [5, 5.41) is 1.11. The van der Waals surface area contributed by atoms with Crippen LogP contribution in [0.5, 0.6) is 0 Å². The van der Waals surface area contributed by atoms with Gasteiger partial charge in [0.15, 0.2) is 0 Å². The van der Waals surface area contributed by atoms with Gasteiger partial charge in [0.2, 0.25) is 5.91 Å². The van der Waals surface area contributed by atoms with Crippen molar-refractivity contribution < 1.29 is 4.79 Å². The van der Waals surface area contributed by atoms with Gasteiger partial charge in [-0.05, 0) is 56.2 Å². The Kier molecular flexibility index (Phi) is 3.57. The number of nitrogens with zero attached hydrogens (tertiary/aromatic N) is 2. The average Bonchev–Trinajstić information content (AvgIpc) is 3.00. The zero-order chi connectivity index (χ0) is 16.7. The lowest BCUT2D eigenvalue weighted by Crippen LogP contribution is -2.23. The Hall–Kier alpha value is -2.68. The van der Waals surface area contributed by atoms with Crippen LogP contribution in [0.25, 0.3) is 22.2 Å². The molecule has 1 saturated heterocycles. The molecule has 0 spiro atoms. The highest BCUT2D eigenvalue weighted by molar-refractivity contribution is 5.98. The molecule has 0 atom stereocenters. The van der Waals surface area contributed by atoms with Crippen LogP contribution < -0.4 is 4.90 Å². The van der Waals surface area contributed by atoms with Crippen molar-refractivity contribution in [3.8, 4) is 11.3 Å². The molecule has 1 aromatic heterocycles. The fourth-order valence-electron chi connectivity index (χ4n) is 3.42. The van der Waals surface area contributed by atoms with E-state index in [0.717, 1.165) is 40.8 Å². The summed E-state index contributed by atoms with van der Waals surface area (Å²) in [6.07, 6.45) is 1.60. The molecule has 2 heterocycles. The summed E-state index contributed by atoms with van der Waals surface area (Å²) in [4.78, 5) is 18.7. The van der Waals surface area contributed by atoms with Gasteiger partial charge in [0.1, 0.15) is 0 Å². The molecule has 24 heavy (non-hydrogen) atoms. The maximum Gasteiger partial charge on any atom is 0.227 e. The summed E-state index contributed by atoms with van der Waals surface area (Å²) < 4.78 is 0. The van der Waals surface area contributed by atoms with Crippen molar-refractivity contribution in [3.05, 3.63) is 59.7 Å². The van der Waals surface area contributed by atoms with Gasteiger partial charge >= 0.3 is 0 Å². The zero-order valence-electron chi connectivity index (χ0n) is 14.0. The predicted molar refractivity (Wildman–Crippen MR) is 98.2 cm³/mol. The summed E-state index contributed by atoms with van der Waals surface area (Å²) in [5.74, 6) is 0.219. The van der Waals surface area contributed by atoms with Crippen LogP contribution in [-0.4, -0.2) is 17.4 Å². The fraction of sp³-hybridized carbons (Fsp3) is 0.238. The molecule has 2 aromatic carbocycles. The first-order valence-electron chi connectivity index (χ1n) is 8.41. The third kappa shape index (κ3) is 2.56. The van der Waals surface area contributed by atoms with E-state index in [1.807, 2.05) is 17.0 Å². The topological polar surface area (TPSA) is 33.2 Å². The number of fused-ring (bicyclic) bond motifs is 1. The second-order valence-corrected chi connectivity index (χ2v) is 6.54. The van der Waals surface area contributed by atoms with Crippen molar-refractivity contribution in [1.82, 2.24) is 4.98 Å². The number of hydrogen-bond acceptors (Lipinski definition) is 2. The van der Waals surface area contributed by atoms with Gasteiger partial charge in [0.25, 0.3) is 0 Å². The molecule has 3 heteroatoms. The number of aryl methyl sites for hydroxylation is 2. The summed E-state index contributed by atoms with van der Waals surface area (Å²) in [6, 6.07) is 16.7. The standard InChI is InChI=1S/C21H20N2O/c1-14-5-3-6-16(11-14)20-12-15(2)18-13-17(8-9-19(18)22-20)23-10-4-7-21(23)24/h3,5-6,8-9,11-13H,4,7,10H2,1-2H3. The molecule has 0 N–H and O–H groups in total. The number of aromatic nitrogens is 1. The summed E-state index contributed by atoms with van der Waals surface area (Å²) >= 11 is 0. The number of amides is 1. The molecule has 0 aliphatic carbocycles. The lowest BCUT2D eigenvalue weighted by Gasteiger charge is -2.17. The van der Waals surface area contributed by atoms with Gasteiger partial charge in [-0.2, -0.15) is 0 Å². The Balaban J connectivity index is 1.81. The number of carbonyl (C=O) groups is 1. The molecular formula is C21H20N2O. The van der Waals surface area contributed by atoms with Crippen LogP contribution in [0.2, 0.25) is 0 Å². The minimum Gasteiger partial charge on any atom is -0.312 e. The second-order valence-electron chi connectivity index (χ2n) is 6.54. The number of pyridine rings is 1. The van der Waals surface area contributed by atoms with Crippen LogP contribution in [0.1, 0.15) is 24.0 Å². The van der Waals surface area contributed by atoms with Crippen molar-refractivity contribution in [3.63, 3.8) is 0 Å². The van der Waals surface area contributed by atoms with Gasteiger partial charge in [0, 0.05) is 29.6 Å². The first-order valence-corrected chi connectivity index (χ1v) is 8.41. The number of benzene rings is 2. The second kappa shape index (κ2) is 5.75. The number of rotatable bonds is 2. The molecule has 4 rings (SSSR count). The molecular weight excluding hydrogens is 296 g/mol. The summed E-state index contributed by atoms with van der Waals surface area (Å²) in [5.41, 5.74) is 6.51. The molecule has 3 nitrogen and oxygen atoms in total. The Bertz CT molecular complexity index is 946. The molecule has 1 aliphatic heterocycles. The number of anilines is 1. The van der Waals surface area contributed by atoms with Gasteiger partial charge < -0.3 is 4.90 Å². The molecule has 0 bridgehead atoms. The largest absolute Gasteiger partial charge is 0.312 e. The van der Waals surface area contributed by atoms with E-state index >= 15 is 0 Å². The van der Waals surface area contributed by atoms with E-state index in [2.05, 4.69) is 50.2 Å². The van der Waals surface area contributed by atoms with Crippen LogP contribution >= 0.6 is 0 Å². The van der Waals surface area contributed by atoms with Crippen LogP contribution in [-0.2, 0) is 4.79 Å². The van der Waals surface area contributed by atoms with Gasteiger partial charge in [-0.15, -0.1) is 0 Å². The van der Waals surface area contributed by atoms with Crippen LogP contribution in [0.3, 0.4) is 0 Å². The minimum absolute atomic E-state index is 0.219. The van der Waals surface area contributed by atoms with Crippen molar-refractivity contribution in [2.75, 3.05) is 11.4 Å². The Morgan fingerprint density at radius 3 is 2.67 bits per heavy atom. The molecule has 3 aromatic rings. The summed E-state index contributed by atoms with van der Waals surface area (Å²) in [6.45, 7) is 5.02.